The maximum atomic E-state index is 12.8. The van der Waals surface area contributed by atoms with Crippen LogP contribution in [0.2, 0.25) is 10.0 Å². The highest BCUT2D eigenvalue weighted by molar-refractivity contribution is 6.35. The van der Waals surface area contributed by atoms with Crippen LogP contribution >= 0.6 is 23.2 Å². The Morgan fingerprint density at radius 1 is 1.04 bits per heavy atom. The van der Waals surface area contributed by atoms with Gasteiger partial charge >= 0.3 is 5.69 Å². The van der Waals surface area contributed by atoms with E-state index < -0.39 is 0 Å². The summed E-state index contributed by atoms with van der Waals surface area (Å²) in [5.41, 5.74) is 2.69. The van der Waals surface area contributed by atoms with Crippen LogP contribution < -0.4 is 5.69 Å². The van der Waals surface area contributed by atoms with E-state index in [0.717, 1.165) is 5.56 Å². The summed E-state index contributed by atoms with van der Waals surface area (Å²) in [7, 11) is 0. The van der Waals surface area contributed by atoms with Gasteiger partial charge in [-0.05, 0) is 41.7 Å². The number of hydrogen-bond donors (Lipinski definition) is 0. The number of rotatable bonds is 3. The van der Waals surface area contributed by atoms with Gasteiger partial charge in [-0.15, -0.1) is 0 Å². The second-order valence-corrected chi connectivity index (χ2v) is 8.21. The monoisotopic (exact) mass is 389 g/mol. The Bertz CT molecular complexity index is 995. The van der Waals surface area contributed by atoms with E-state index in [2.05, 4.69) is 50.1 Å². The van der Waals surface area contributed by atoms with Gasteiger partial charge in [-0.25, -0.2) is 4.79 Å². The molecule has 4 nitrogen and oxygen atoms in total. The van der Waals surface area contributed by atoms with Gasteiger partial charge in [0.25, 0.3) is 0 Å². The molecule has 6 heteroatoms. The molecule has 0 saturated heterocycles. The van der Waals surface area contributed by atoms with Crippen molar-refractivity contribution in [1.82, 2.24) is 14.3 Å². The molecular formula is C20H21Cl2N3O. The van der Waals surface area contributed by atoms with Crippen molar-refractivity contribution in [2.45, 2.75) is 39.7 Å². The van der Waals surface area contributed by atoms with Crippen molar-refractivity contribution in [3.05, 3.63) is 79.9 Å². The Kier molecular flexibility index (Phi) is 5.00. The van der Waals surface area contributed by atoms with Gasteiger partial charge in [0.05, 0.1) is 17.3 Å². The second-order valence-electron chi connectivity index (χ2n) is 7.37. The summed E-state index contributed by atoms with van der Waals surface area (Å²) in [5, 5.41) is 5.27. The van der Waals surface area contributed by atoms with Crippen LogP contribution in [-0.4, -0.2) is 14.3 Å². The first-order valence-electron chi connectivity index (χ1n) is 8.38. The molecule has 0 fully saturated rings. The number of aryl methyl sites for hydroxylation is 1. The minimum absolute atomic E-state index is 0.0987. The van der Waals surface area contributed by atoms with E-state index in [-0.39, 0.29) is 11.1 Å². The van der Waals surface area contributed by atoms with E-state index in [1.165, 1.54) is 10.2 Å². The largest absolute Gasteiger partial charge is 0.351 e. The van der Waals surface area contributed by atoms with Gasteiger partial charge in [0.1, 0.15) is 5.82 Å². The molecule has 0 radical (unpaired) electrons. The molecule has 3 rings (SSSR count). The van der Waals surface area contributed by atoms with Crippen LogP contribution in [0, 0.1) is 6.92 Å². The first kappa shape index (κ1) is 18.7. The highest BCUT2D eigenvalue weighted by atomic mass is 35.5. The summed E-state index contributed by atoms with van der Waals surface area (Å²) < 4.78 is 2.95. The van der Waals surface area contributed by atoms with Crippen molar-refractivity contribution >= 4 is 23.2 Å². The summed E-state index contributed by atoms with van der Waals surface area (Å²) in [6, 6.07) is 13.3. The smallest absolute Gasteiger partial charge is 0.274 e. The van der Waals surface area contributed by atoms with Crippen LogP contribution in [-0.2, 0) is 12.0 Å². The van der Waals surface area contributed by atoms with Gasteiger partial charge in [-0.2, -0.15) is 9.78 Å². The van der Waals surface area contributed by atoms with Crippen molar-refractivity contribution in [2.75, 3.05) is 0 Å². The summed E-state index contributed by atoms with van der Waals surface area (Å²) in [5.74, 6) is 0.626. The van der Waals surface area contributed by atoms with Crippen LogP contribution in [0.5, 0.6) is 0 Å². The van der Waals surface area contributed by atoms with Crippen LogP contribution in [0.25, 0.3) is 5.69 Å². The molecule has 3 aromatic rings. The van der Waals surface area contributed by atoms with Gasteiger partial charge in [0.15, 0.2) is 0 Å². The Hall–Kier alpha value is -2.04. The molecule has 0 aliphatic rings. The van der Waals surface area contributed by atoms with E-state index in [4.69, 9.17) is 23.2 Å². The lowest BCUT2D eigenvalue weighted by Gasteiger charge is -2.19. The lowest BCUT2D eigenvalue weighted by Crippen LogP contribution is -2.25. The molecule has 136 valence electrons. The van der Waals surface area contributed by atoms with E-state index in [9.17, 15) is 4.79 Å². The van der Waals surface area contributed by atoms with Crippen molar-refractivity contribution in [1.29, 1.82) is 0 Å². The SMILES string of the molecule is Cc1nn(-c2ccc(Cl)cc2Cl)c(=O)n1Cc1ccc(C(C)(C)C)cc1. The molecule has 1 aromatic heterocycles. The molecule has 0 aliphatic carbocycles. The summed E-state index contributed by atoms with van der Waals surface area (Å²) in [6.45, 7) is 8.80. The molecule has 0 spiro atoms. The third-order valence-corrected chi connectivity index (χ3v) is 4.88. The quantitative estimate of drug-likeness (QED) is 0.632. The fourth-order valence-electron chi connectivity index (χ4n) is 2.78. The summed E-state index contributed by atoms with van der Waals surface area (Å²) in [6.07, 6.45) is 0. The lowest BCUT2D eigenvalue weighted by molar-refractivity contribution is 0.589. The molecule has 0 aliphatic heterocycles. The second kappa shape index (κ2) is 6.93. The Morgan fingerprint density at radius 3 is 2.27 bits per heavy atom. The van der Waals surface area contributed by atoms with Gasteiger partial charge in [0, 0.05) is 5.02 Å². The van der Waals surface area contributed by atoms with E-state index in [0.29, 0.717) is 28.1 Å². The van der Waals surface area contributed by atoms with Crippen molar-refractivity contribution in [2.24, 2.45) is 0 Å². The minimum Gasteiger partial charge on any atom is -0.274 e. The van der Waals surface area contributed by atoms with Gasteiger partial charge in [-0.3, -0.25) is 4.57 Å². The number of benzene rings is 2. The van der Waals surface area contributed by atoms with Gasteiger partial charge in [-0.1, -0.05) is 68.2 Å². The molecule has 26 heavy (non-hydrogen) atoms. The molecule has 0 saturated carbocycles. The lowest BCUT2D eigenvalue weighted by atomic mass is 9.87. The van der Waals surface area contributed by atoms with E-state index >= 15 is 0 Å². The molecule has 0 unspecified atom stereocenters. The predicted molar refractivity (Wildman–Crippen MR) is 107 cm³/mol. The maximum Gasteiger partial charge on any atom is 0.351 e. The van der Waals surface area contributed by atoms with Crippen LogP contribution in [0.4, 0.5) is 0 Å². The first-order valence-corrected chi connectivity index (χ1v) is 9.14. The molecule has 0 amide bonds. The van der Waals surface area contributed by atoms with Crippen molar-refractivity contribution in [3.63, 3.8) is 0 Å². The Morgan fingerprint density at radius 2 is 1.69 bits per heavy atom. The van der Waals surface area contributed by atoms with Crippen molar-refractivity contribution < 1.29 is 0 Å². The highest BCUT2D eigenvalue weighted by Gasteiger charge is 2.16. The number of aromatic nitrogens is 3. The summed E-state index contributed by atoms with van der Waals surface area (Å²) in [4.78, 5) is 12.8. The first-order chi connectivity index (χ1) is 12.2. The topological polar surface area (TPSA) is 39.8 Å². The number of hydrogen-bond acceptors (Lipinski definition) is 2. The molecule has 0 N–H and O–H groups in total. The van der Waals surface area contributed by atoms with Crippen LogP contribution in [0.15, 0.2) is 47.3 Å². The average Bonchev–Trinajstić information content (AvgIpc) is 2.83. The predicted octanol–water partition coefficient (Wildman–Crippen LogP) is 5.00. The van der Waals surface area contributed by atoms with E-state index in [1.807, 2.05) is 6.92 Å². The third-order valence-electron chi connectivity index (χ3n) is 4.35. The zero-order valence-corrected chi connectivity index (χ0v) is 16.8. The third kappa shape index (κ3) is 3.71. The molecule has 0 atom stereocenters. The van der Waals surface area contributed by atoms with Crippen LogP contribution in [0.3, 0.4) is 0 Å². The number of nitrogens with zero attached hydrogens (tertiary/aromatic N) is 3. The fraction of sp³-hybridized carbons (Fsp3) is 0.300. The zero-order valence-electron chi connectivity index (χ0n) is 15.3. The highest BCUT2D eigenvalue weighted by Crippen LogP contribution is 2.24. The normalized spacial score (nSPS) is 11.8. The minimum atomic E-state index is -0.230. The molecule has 2 aromatic carbocycles. The van der Waals surface area contributed by atoms with Gasteiger partial charge in [0.2, 0.25) is 0 Å². The molecule has 0 bridgehead atoms. The van der Waals surface area contributed by atoms with Crippen LogP contribution in [0.1, 0.15) is 37.7 Å². The molecular weight excluding hydrogens is 369 g/mol. The maximum absolute atomic E-state index is 12.8. The van der Waals surface area contributed by atoms with Crippen molar-refractivity contribution in [3.8, 4) is 5.69 Å². The molecule has 1 heterocycles. The van der Waals surface area contributed by atoms with Gasteiger partial charge < -0.3 is 0 Å². The Labute approximate surface area is 163 Å². The standard InChI is InChI=1S/C20H21Cl2N3O/c1-13-23-25(18-10-9-16(21)11-17(18)22)19(26)24(13)12-14-5-7-15(8-6-14)20(2,3)4/h5-11H,12H2,1-4H3. The van der Waals surface area contributed by atoms with E-state index in [1.54, 1.807) is 22.8 Å². The zero-order chi connectivity index (χ0) is 19.1. The summed E-state index contributed by atoms with van der Waals surface area (Å²) >= 11 is 12.2. The number of halogens is 2. The average molecular weight is 390 g/mol. The fourth-order valence-corrected chi connectivity index (χ4v) is 3.27. The Balaban J connectivity index is 1.95.